The first kappa shape index (κ1) is 16.3. The molecule has 3 nitrogen and oxygen atoms in total. The number of aliphatic hydroxyl groups excluding tert-OH is 2. The highest BCUT2D eigenvalue weighted by molar-refractivity contribution is 5.20. The van der Waals surface area contributed by atoms with E-state index in [2.05, 4.69) is 4.90 Å². The van der Waals surface area contributed by atoms with Crippen LogP contribution in [0.3, 0.4) is 0 Å². The van der Waals surface area contributed by atoms with Gasteiger partial charge < -0.3 is 10.2 Å². The Hall–Kier alpha value is -1.04. The number of nitrogens with zero attached hydrogens (tertiary/aromatic N) is 1. The molecule has 2 rings (SSSR count). The van der Waals surface area contributed by atoms with Gasteiger partial charge in [-0.1, -0.05) is 19.4 Å². The van der Waals surface area contributed by atoms with Gasteiger partial charge >= 0.3 is 0 Å². The average molecular weight is 299 g/mol. The van der Waals surface area contributed by atoms with E-state index in [9.17, 15) is 19.0 Å². The van der Waals surface area contributed by atoms with Crippen molar-refractivity contribution in [1.82, 2.24) is 4.90 Å². The second-order valence-corrected chi connectivity index (χ2v) is 5.72. The van der Waals surface area contributed by atoms with E-state index in [1.54, 1.807) is 0 Å². The van der Waals surface area contributed by atoms with Crippen molar-refractivity contribution >= 4 is 0 Å². The normalized spacial score (nSPS) is 23.0. The first-order valence-corrected chi connectivity index (χ1v) is 7.58. The Morgan fingerprint density at radius 2 is 2.00 bits per heavy atom. The molecule has 5 heteroatoms. The number of β-amino-alcohol motifs (C(OH)–C–C–N with tert-alkyl or cyclic N) is 1. The molecule has 3 atom stereocenters. The van der Waals surface area contributed by atoms with Gasteiger partial charge in [-0.05, 0) is 43.5 Å². The Bertz CT molecular complexity index is 470. The van der Waals surface area contributed by atoms with Gasteiger partial charge in [0.1, 0.15) is 0 Å². The van der Waals surface area contributed by atoms with Crippen molar-refractivity contribution in [3.8, 4) is 0 Å². The molecule has 118 valence electrons. The molecule has 1 fully saturated rings. The Morgan fingerprint density at radius 1 is 1.24 bits per heavy atom. The number of hydrogen-bond donors (Lipinski definition) is 2. The molecule has 1 aromatic carbocycles. The first-order valence-electron chi connectivity index (χ1n) is 7.58. The van der Waals surface area contributed by atoms with Crippen LogP contribution < -0.4 is 0 Å². The van der Waals surface area contributed by atoms with E-state index in [0.717, 1.165) is 37.9 Å². The Kier molecular flexibility index (Phi) is 5.67. The Balaban J connectivity index is 2.05. The lowest BCUT2D eigenvalue weighted by molar-refractivity contribution is -0.00126. The highest BCUT2D eigenvalue weighted by atomic mass is 19.2. The highest BCUT2D eigenvalue weighted by Gasteiger charge is 2.29. The van der Waals surface area contributed by atoms with Crippen LogP contribution in [0.25, 0.3) is 0 Å². The van der Waals surface area contributed by atoms with Crippen LogP contribution in [-0.2, 0) is 0 Å². The van der Waals surface area contributed by atoms with Crippen LogP contribution in [0.4, 0.5) is 8.78 Å². The quantitative estimate of drug-likeness (QED) is 0.878. The summed E-state index contributed by atoms with van der Waals surface area (Å²) in [5.41, 5.74) is 0.365. The Labute approximate surface area is 124 Å². The minimum absolute atomic E-state index is 0.0312. The van der Waals surface area contributed by atoms with E-state index < -0.39 is 23.8 Å². The van der Waals surface area contributed by atoms with E-state index >= 15 is 0 Å². The van der Waals surface area contributed by atoms with Gasteiger partial charge in [0, 0.05) is 12.6 Å². The lowest BCUT2D eigenvalue weighted by Gasteiger charge is -2.39. The van der Waals surface area contributed by atoms with Crippen molar-refractivity contribution in [2.75, 3.05) is 13.1 Å². The predicted octanol–water partition coefficient (Wildman–Crippen LogP) is 2.62. The van der Waals surface area contributed by atoms with Gasteiger partial charge in [-0.3, -0.25) is 4.90 Å². The molecule has 0 amide bonds. The van der Waals surface area contributed by atoms with E-state index in [1.165, 1.54) is 6.07 Å². The monoisotopic (exact) mass is 299 g/mol. The number of piperidine rings is 1. The fourth-order valence-corrected chi connectivity index (χ4v) is 3.00. The molecule has 1 aliphatic heterocycles. The molecule has 0 aliphatic carbocycles. The molecule has 0 radical (unpaired) electrons. The van der Waals surface area contributed by atoms with Gasteiger partial charge in [0.25, 0.3) is 0 Å². The second-order valence-electron chi connectivity index (χ2n) is 5.72. The molecule has 0 saturated carbocycles. The number of hydrogen-bond acceptors (Lipinski definition) is 3. The fourth-order valence-electron chi connectivity index (χ4n) is 3.00. The van der Waals surface area contributed by atoms with Crippen LogP contribution in [0.15, 0.2) is 18.2 Å². The number of halogens is 2. The third-order valence-electron chi connectivity index (χ3n) is 4.26. The number of rotatable bonds is 5. The smallest absolute Gasteiger partial charge is 0.159 e. The topological polar surface area (TPSA) is 43.7 Å². The van der Waals surface area contributed by atoms with Crippen molar-refractivity contribution in [3.63, 3.8) is 0 Å². The summed E-state index contributed by atoms with van der Waals surface area (Å²) in [5.74, 6) is -1.86. The van der Waals surface area contributed by atoms with E-state index in [0.29, 0.717) is 18.5 Å². The molecular weight excluding hydrogens is 276 g/mol. The fraction of sp³-hybridized carbons (Fsp3) is 0.625. The van der Waals surface area contributed by atoms with Crippen LogP contribution >= 0.6 is 0 Å². The minimum atomic E-state index is -0.949. The van der Waals surface area contributed by atoms with E-state index in [-0.39, 0.29) is 6.04 Å². The molecule has 1 saturated heterocycles. The summed E-state index contributed by atoms with van der Waals surface area (Å²) < 4.78 is 26.2. The molecule has 3 unspecified atom stereocenters. The van der Waals surface area contributed by atoms with Crippen molar-refractivity contribution in [1.29, 1.82) is 0 Å². The maximum Gasteiger partial charge on any atom is 0.159 e. The van der Waals surface area contributed by atoms with Crippen LogP contribution in [0.2, 0.25) is 0 Å². The van der Waals surface area contributed by atoms with Gasteiger partial charge in [-0.15, -0.1) is 0 Å². The maximum atomic E-state index is 13.2. The maximum absolute atomic E-state index is 13.2. The molecule has 0 bridgehead atoms. The Morgan fingerprint density at radius 3 is 2.67 bits per heavy atom. The zero-order valence-electron chi connectivity index (χ0n) is 12.3. The summed E-state index contributed by atoms with van der Waals surface area (Å²) in [6, 6.07) is 3.50. The highest BCUT2D eigenvalue weighted by Crippen LogP contribution is 2.25. The van der Waals surface area contributed by atoms with Crippen LogP contribution in [-0.4, -0.2) is 40.3 Å². The van der Waals surface area contributed by atoms with Gasteiger partial charge in [-0.25, -0.2) is 8.78 Å². The second kappa shape index (κ2) is 7.29. The minimum Gasteiger partial charge on any atom is -0.392 e. The molecule has 1 heterocycles. The molecule has 0 spiro atoms. The molecule has 1 aromatic rings. The van der Waals surface area contributed by atoms with Crippen molar-refractivity contribution in [2.24, 2.45) is 0 Å². The average Bonchev–Trinajstić information content (AvgIpc) is 2.49. The molecule has 0 aromatic heterocycles. The lowest BCUT2D eigenvalue weighted by Crippen LogP contribution is -2.48. The number of likely N-dealkylation sites (tertiary alicyclic amines) is 1. The van der Waals surface area contributed by atoms with Crippen LogP contribution in [0, 0.1) is 11.6 Å². The van der Waals surface area contributed by atoms with E-state index in [1.807, 2.05) is 6.92 Å². The zero-order chi connectivity index (χ0) is 15.4. The van der Waals surface area contributed by atoms with Crippen LogP contribution in [0.5, 0.6) is 0 Å². The summed E-state index contributed by atoms with van der Waals surface area (Å²) in [5, 5.41) is 20.3. The molecule has 21 heavy (non-hydrogen) atoms. The molecule has 1 aliphatic rings. The van der Waals surface area contributed by atoms with Crippen molar-refractivity contribution in [2.45, 2.75) is 50.9 Å². The van der Waals surface area contributed by atoms with Crippen molar-refractivity contribution < 1.29 is 19.0 Å². The first-order chi connectivity index (χ1) is 10.0. The summed E-state index contributed by atoms with van der Waals surface area (Å²) in [6.07, 6.45) is 2.37. The summed E-state index contributed by atoms with van der Waals surface area (Å²) in [6.45, 7) is 3.07. The summed E-state index contributed by atoms with van der Waals surface area (Å²) >= 11 is 0. The zero-order valence-corrected chi connectivity index (χ0v) is 12.3. The van der Waals surface area contributed by atoms with Gasteiger partial charge in [0.2, 0.25) is 0 Å². The SMILES string of the molecule is CCC(O)C1CCCCN1CC(O)c1ccc(F)c(F)c1. The molecule has 2 N–H and O–H groups in total. The predicted molar refractivity (Wildman–Crippen MR) is 76.8 cm³/mol. The third kappa shape index (κ3) is 3.99. The van der Waals surface area contributed by atoms with Crippen molar-refractivity contribution in [3.05, 3.63) is 35.4 Å². The van der Waals surface area contributed by atoms with Gasteiger partial charge in [0.05, 0.1) is 12.2 Å². The van der Waals surface area contributed by atoms with Gasteiger partial charge in [-0.2, -0.15) is 0 Å². The largest absolute Gasteiger partial charge is 0.392 e. The number of aliphatic hydroxyl groups is 2. The summed E-state index contributed by atoms with van der Waals surface area (Å²) in [4.78, 5) is 2.06. The van der Waals surface area contributed by atoms with E-state index in [4.69, 9.17) is 0 Å². The molecular formula is C16H23F2NO2. The number of benzene rings is 1. The lowest BCUT2D eigenvalue weighted by atomic mass is 9.95. The van der Waals surface area contributed by atoms with Gasteiger partial charge in [0.15, 0.2) is 11.6 Å². The summed E-state index contributed by atoms with van der Waals surface area (Å²) in [7, 11) is 0. The van der Waals surface area contributed by atoms with Crippen LogP contribution in [0.1, 0.15) is 44.3 Å². The third-order valence-corrected chi connectivity index (χ3v) is 4.26. The standard InChI is InChI=1S/C16H23F2NO2/c1-2-15(20)14-5-3-4-8-19(14)10-16(21)11-6-7-12(17)13(18)9-11/h6-7,9,14-16,20-21H,2-5,8,10H2,1H3.